The summed E-state index contributed by atoms with van der Waals surface area (Å²) in [5.41, 5.74) is 0. The zero-order valence-electron chi connectivity index (χ0n) is 6.17. The SMILES string of the molecule is CC(C)CC(O)CCO. The van der Waals surface area contributed by atoms with E-state index in [2.05, 4.69) is 13.8 Å². The molecule has 0 saturated heterocycles. The van der Waals surface area contributed by atoms with E-state index in [1.807, 2.05) is 0 Å². The summed E-state index contributed by atoms with van der Waals surface area (Å²) in [6, 6.07) is 0. The number of aliphatic hydroxyl groups is 2. The lowest BCUT2D eigenvalue weighted by atomic mass is 10.0. The van der Waals surface area contributed by atoms with Gasteiger partial charge in [-0.15, -0.1) is 0 Å². The Morgan fingerprint density at radius 1 is 1.33 bits per heavy atom. The van der Waals surface area contributed by atoms with E-state index in [1.54, 1.807) is 0 Å². The van der Waals surface area contributed by atoms with Crippen molar-refractivity contribution in [1.82, 2.24) is 0 Å². The summed E-state index contributed by atoms with van der Waals surface area (Å²) in [6.07, 6.45) is 0.994. The first kappa shape index (κ1) is 8.92. The van der Waals surface area contributed by atoms with Gasteiger partial charge in [-0.25, -0.2) is 0 Å². The molecule has 1 atom stereocenters. The third-order valence-corrected chi connectivity index (χ3v) is 1.21. The second-order valence-corrected chi connectivity index (χ2v) is 2.80. The molecule has 9 heavy (non-hydrogen) atoms. The average Bonchev–Trinajstić information content (AvgIpc) is 1.63. The van der Waals surface area contributed by atoms with E-state index in [1.165, 1.54) is 0 Å². The van der Waals surface area contributed by atoms with Gasteiger partial charge in [0.05, 0.1) is 6.10 Å². The molecule has 0 aromatic rings. The molecular weight excluding hydrogens is 116 g/mol. The Kier molecular flexibility index (Phi) is 4.72. The molecule has 0 aromatic heterocycles. The van der Waals surface area contributed by atoms with Crippen LogP contribution >= 0.6 is 0 Å². The van der Waals surface area contributed by atoms with Gasteiger partial charge in [0.1, 0.15) is 0 Å². The summed E-state index contributed by atoms with van der Waals surface area (Å²) < 4.78 is 0. The summed E-state index contributed by atoms with van der Waals surface area (Å²) in [6.45, 7) is 4.20. The van der Waals surface area contributed by atoms with Gasteiger partial charge in [0.25, 0.3) is 0 Å². The predicted molar refractivity (Wildman–Crippen MR) is 37.2 cm³/mol. The van der Waals surface area contributed by atoms with E-state index >= 15 is 0 Å². The first-order valence-corrected chi connectivity index (χ1v) is 3.45. The van der Waals surface area contributed by atoms with Crippen LogP contribution in [-0.4, -0.2) is 22.9 Å². The molecule has 1 unspecified atom stereocenters. The average molecular weight is 132 g/mol. The van der Waals surface area contributed by atoms with Crippen LogP contribution in [0.5, 0.6) is 0 Å². The molecule has 2 N–H and O–H groups in total. The van der Waals surface area contributed by atoms with Crippen LogP contribution in [0.3, 0.4) is 0 Å². The van der Waals surface area contributed by atoms with Crippen molar-refractivity contribution in [3.05, 3.63) is 0 Å². The van der Waals surface area contributed by atoms with Crippen LogP contribution in [0.4, 0.5) is 0 Å². The minimum Gasteiger partial charge on any atom is -0.396 e. The van der Waals surface area contributed by atoms with Crippen molar-refractivity contribution >= 4 is 0 Å². The van der Waals surface area contributed by atoms with Gasteiger partial charge in [0.2, 0.25) is 0 Å². The lowest BCUT2D eigenvalue weighted by molar-refractivity contribution is 0.113. The maximum absolute atomic E-state index is 9.06. The molecule has 2 nitrogen and oxygen atoms in total. The van der Waals surface area contributed by atoms with Crippen molar-refractivity contribution in [2.75, 3.05) is 6.61 Å². The fourth-order valence-corrected chi connectivity index (χ4v) is 0.811. The van der Waals surface area contributed by atoms with Crippen LogP contribution < -0.4 is 0 Å². The van der Waals surface area contributed by atoms with Crippen LogP contribution in [0.25, 0.3) is 0 Å². The van der Waals surface area contributed by atoms with Crippen molar-refractivity contribution in [2.24, 2.45) is 5.92 Å². The molecule has 0 heterocycles. The topological polar surface area (TPSA) is 40.5 Å². The molecule has 0 bridgehead atoms. The fourth-order valence-electron chi connectivity index (χ4n) is 0.811. The lowest BCUT2D eigenvalue weighted by Gasteiger charge is -2.10. The van der Waals surface area contributed by atoms with Crippen LogP contribution in [0.15, 0.2) is 0 Å². The van der Waals surface area contributed by atoms with Crippen LogP contribution in [-0.2, 0) is 0 Å². The first-order valence-electron chi connectivity index (χ1n) is 3.45. The minimum absolute atomic E-state index is 0.0912. The molecular formula is C7H16O2. The van der Waals surface area contributed by atoms with Gasteiger partial charge in [-0.3, -0.25) is 0 Å². The number of hydrogen-bond acceptors (Lipinski definition) is 2. The maximum atomic E-state index is 9.06. The largest absolute Gasteiger partial charge is 0.396 e. The smallest absolute Gasteiger partial charge is 0.0564 e. The molecule has 0 fully saturated rings. The van der Waals surface area contributed by atoms with E-state index in [9.17, 15) is 0 Å². The number of hydrogen-bond donors (Lipinski definition) is 2. The maximum Gasteiger partial charge on any atom is 0.0564 e. The van der Waals surface area contributed by atoms with Crippen LogP contribution in [0, 0.1) is 5.92 Å². The van der Waals surface area contributed by atoms with Crippen LogP contribution in [0.1, 0.15) is 26.7 Å². The van der Waals surface area contributed by atoms with Gasteiger partial charge in [-0.1, -0.05) is 13.8 Å². The lowest BCUT2D eigenvalue weighted by Crippen LogP contribution is -2.11. The predicted octanol–water partition coefficient (Wildman–Crippen LogP) is 0.776. The molecule has 0 saturated carbocycles. The summed E-state index contributed by atoms with van der Waals surface area (Å²) in [5.74, 6) is 0.520. The Morgan fingerprint density at radius 2 is 1.89 bits per heavy atom. The highest BCUT2D eigenvalue weighted by Gasteiger charge is 2.04. The summed E-state index contributed by atoms with van der Waals surface area (Å²) in [7, 11) is 0. The van der Waals surface area contributed by atoms with E-state index in [0.29, 0.717) is 12.3 Å². The molecule has 0 radical (unpaired) electrons. The third kappa shape index (κ3) is 5.80. The van der Waals surface area contributed by atoms with E-state index in [-0.39, 0.29) is 12.7 Å². The van der Waals surface area contributed by atoms with Crippen molar-refractivity contribution in [1.29, 1.82) is 0 Å². The zero-order chi connectivity index (χ0) is 7.28. The Labute approximate surface area is 56.5 Å². The van der Waals surface area contributed by atoms with Gasteiger partial charge in [0.15, 0.2) is 0 Å². The number of rotatable bonds is 4. The Balaban J connectivity index is 3.15. The Bertz CT molecular complexity index is 61.9. The van der Waals surface area contributed by atoms with Crippen molar-refractivity contribution < 1.29 is 10.2 Å². The standard InChI is InChI=1S/C7H16O2/c1-6(2)5-7(9)3-4-8/h6-9H,3-5H2,1-2H3. The van der Waals surface area contributed by atoms with E-state index < -0.39 is 0 Å². The van der Waals surface area contributed by atoms with Gasteiger partial charge < -0.3 is 10.2 Å². The highest BCUT2D eigenvalue weighted by atomic mass is 16.3. The quantitative estimate of drug-likeness (QED) is 0.593. The number of aliphatic hydroxyl groups excluding tert-OH is 2. The highest BCUT2D eigenvalue weighted by Crippen LogP contribution is 2.06. The van der Waals surface area contributed by atoms with Crippen molar-refractivity contribution in [3.8, 4) is 0 Å². The molecule has 0 aromatic carbocycles. The molecule has 0 rings (SSSR count). The summed E-state index contributed by atoms with van der Waals surface area (Å²) in [4.78, 5) is 0. The molecule has 0 aliphatic heterocycles. The molecule has 0 aliphatic carbocycles. The van der Waals surface area contributed by atoms with Gasteiger partial charge >= 0.3 is 0 Å². The molecule has 0 amide bonds. The van der Waals surface area contributed by atoms with Crippen LogP contribution in [0.2, 0.25) is 0 Å². The van der Waals surface area contributed by atoms with E-state index in [4.69, 9.17) is 10.2 Å². The highest BCUT2D eigenvalue weighted by molar-refractivity contribution is 4.56. The third-order valence-electron chi connectivity index (χ3n) is 1.21. The second-order valence-electron chi connectivity index (χ2n) is 2.80. The summed E-state index contributed by atoms with van der Waals surface area (Å²) >= 11 is 0. The molecule has 0 aliphatic rings. The van der Waals surface area contributed by atoms with Gasteiger partial charge in [0, 0.05) is 6.61 Å². The summed E-state index contributed by atoms with van der Waals surface area (Å²) in [5, 5.41) is 17.4. The molecule has 56 valence electrons. The van der Waals surface area contributed by atoms with E-state index in [0.717, 1.165) is 6.42 Å². The normalized spacial score (nSPS) is 14.3. The monoisotopic (exact) mass is 132 g/mol. The molecule has 0 spiro atoms. The Hall–Kier alpha value is -0.0800. The zero-order valence-corrected chi connectivity index (χ0v) is 6.17. The minimum atomic E-state index is -0.310. The van der Waals surface area contributed by atoms with Gasteiger partial charge in [-0.05, 0) is 18.8 Å². The van der Waals surface area contributed by atoms with Crippen molar-refractivity contribution in [2.45, 2.75) is 32.8 Å². The van der Waals surface area contributed by atoms with Crippen molar-refractivity contribution in [3.63, 3.8) is 0 Å². The Morgan fingerprint density at radius 3 is 2.22 bits per heavy atom. The second kappa shape index (κ2) is 4.77. The van der Waals surface area contributed by atoms with Gasteiger partial charge in [-0.2, -0.15) is 0 Å². The first-order chi connectivity index (χ1) is 4.16. The molecule has 2 heteroatoms. The fraction of sp³-hybridized carbons (Fsp3) is 1.00.